The molecule has 1 aromatic heterocycles. The number of carboxylic acid groups (broad SMARTS) is 1. The molecule has 0 aliphatic carbocycles. The molecular formula is C29H26ClF6N5O6S. The van der Waals surface area contributed by atoms with E-state index in [9.17, 15) is 39.6 Å². The lowest BCUT2D eigenvalue weighted by atomic mass is 10.1. The quantitative estimate of drug-likeness (QED) is 0.253. The minimum Gasteiger partial charge on any atom is -0.475 e. The van der Waals surface area contributed by atoms with E-state index in [1.807, 2.05) is 0 Å². The molecule has 0 bridgehead atoms. The molecule has 2 aliphatic heterocycles. The molecule has 48 heavy (non-hydrogen) atoms. The molecule has 2 aromatic carbocycles. The number of hydrogen-bond donors (Lipinski definition) is 3. The normalized spacial score (nSPS) is 16.4. The number of amides is 1. The highest BCUT2D eigenvalue weighted by atomic mass is 35.5. The number of carbonyl (C=O) groups excluding carboxylic acids is 1. The minimum atomic E-state index is -5.08. The molecular weight excluding hydrogens is 696 g/mol. The summed E-state index contributed by atoms with van der Waals surface area (Å²) in [6.07, 6.45) is -4.55. The maximum atomic E-state index is 13.3. The predicted molar refractivity (Wildman–Crippen MR) is 163 cm³/mol. The number of rotatable bonds is 6. The Morgan fingerprint density at radius 2 is 1.81 bits per heavy atom. The summed E-state index contributed by atoms with van der Waals surface area (Å²) in [5, 5.41) is 13.0. The van der Waals surface area contributed by atoms with Crippen LogP contribution in [0, 0.1) is 0 Å². The number of carbonyl (C=O) groups is 2. The van der Waals surface area contributed by atoms with Crippen molar-refractivity contribution in [3.8, 4) is 11.5 Å². The number of sulfone groups is 1. The molecule has 11 nitrogen and oxygen atoms in total. The van der Waals surface area contributed by atoms with Crippen molar-refractivity contribution in [3.05, 3.63) is 70.5 Å². The monoisotopic (exact) mass is 721 g/mol. The van der Waals surface area contributed by atoms with Gasteiger partial charge in [-0.05, 0) is 55.3 Å². The number of fused-ring (bicyclic) bond motifs is 1. The van der Waals surface area contributed by atoms with Crippen LogP contribution in [0.4, 0.5) is 43.7 Å². The van der Waals surface area contributed by atoms with Gasteiger partial charge in [-0.15, -0.1) is 0 Å². The molecule has 0 saturated carbocycles. The smallest absolute Gasteiger partial charge is 0.475 e. The van der Waals surface area contributed by atoms with Crippen LogP contribution in [0.15, 0.2) is 54.4 Å². The van der Waals surface area contributed by atoms with Gasteiger partial charge in [-0.3, -0.25) is 4.79 Å². The zero-order chi connectivity index (χ0) is 35.4. The van der Waals surface area contributed by atoms with Crippen LogP contribution < -0.4 is 15.4 Å². The van der Waals surface area contributed by atoms with Gasteiger partial charge in [-0.1, -0.05) is 17.7 Å². The van der Waals surface area contributed by atoms with Crippen molar-refractivity contribution in [2.75, 3.05) is 36.5 Å². The van der Waals surface area contributed by atoms with E-state index < -0.39 is 39.0 Å². The lowest BCUT2D eigenvalue weighted by molar-refractivity contribution is -0.192. The Bertz CT molecular complexity index is 1840. The van der Waals surface area contributed by atoms with Gasteiger partial charge in [-0.2, -0.15) is 26.3 Å². The second-order valence-electron chi connectivity index (χ2n) is 10.5. The maximum absolute atomic E-state index is 13.3. The number of hydrogen-bond acceptors (Lipinski definition) is 9. The van der Waals surface area contributed by atoms with Gasteiger partial charge in [0.25, 0.3) is 0 Å². The number of alkyl halides is 6. The molecule has 1 atom stereocenters. The summed E-state index contributed by atoms with van der Waals surface area (Å²) in [4.78, 5) is 32.4. The van der Waals surface area contributed by atoms with Gasteiger partial charge in [0.1, 0.15) is 29.5 Å². The van der Waals surface area contributed by atoms with Crippen molar-refractivity contribution in [2.45, 2.75) is 30.4 Å². The van der Waals surface area contributed by atoms with E-state index in [0.717, 1.165) is 12.1 Å². The summed E-state index contributed by atoms with van der Waals surface area (Å²) < 4.78 is 100. The molecule has 0 radical (unpaired) electrons. The van der Waals surface area contributed by atoms with Crippen molar-refractivity contribution in [1.29, 1.82) is 0 Å². The fraction of sp³-hybridized carbons (Fsp3) is 0.310. The number of aromatic nitrogens is 2. The van der Waals surface area contributed by atoms with E-state index in [-0.39, 0.29) is 29.0 Å². The molecule has 3 N–H and O–H groups in total. The van der Waals surface area contributed by atoms with Gasteiger partial charge in [0, 0.05) is 37.2 Å². The average molecular weight is 722 g/mol. The van der Waals surface area contributed by atoms with E-state index in [4.69, 9.17) is 26.2 Å². The number of halogens is 7. The van der Waals surface area contributed by atoms with Crippen molar-refractivity contribution in [3.63, 3.8) is 0 Å². The first kappa shape index (κ1) is 36.3. The minimum absolute atomic E-state index is 0.0159. The molecule has 3 heterocycles. The van der Waals surface area contributed by atoms with Crippen LogP contribution in [0.1, 0.15) is 24.0 Å². The summed E-state index contributed by atoms with van der Waals surface area (Å²) in [5.41, 5.74) is 0.695. The second kappa shape index (κ2) is 14.3. The number of ether oxygens (including phenoxy) is 1. The fourth-order valence-electron chi connectivity index (χ4n) is 4.63. The lowest BCUT2D eigenvalue weighted by Crippen LogP contribution is -2.32. The molecule has 1 saturated heterocycles. The van der Waals surface area contributed by atoms with Gasteiger partial charge < -0.3 is 25.4 Å². The Labute approximate surface area is 274 Å². The highest BCUT2D eigenvalue weighted by molar-refractivity contribution is 7.91. The van der Waals surface area contributed by atoms with Crippen molar-refractivity contribution in [1.82, 2.24) is 14.9 Å². The Balaban J connectivity index is 0.000000671. The molecule has 1 fully saturated rings. The summed E-state index contributed by atoms with van der Waals surface area (Å²) in [6, 6.07) is 9.16. The maximum Gasteiger partial charge on any atom is 0.490 e. The van der Waals surface area contributed by atoms with Gasteiger partial charge in [-0.25, -0.2) is 23.2 Å². The highest BCUT2D eigenvalue weighted by Gasteiger charge is 2.38. The molecule has 0 spiro atoms. The van der Waals surface area contributed by atoms with Crippen molar-refractivity contribution in [2.24, 2.45) is 0 Å². The number of likely N-dealkylation sites (tertiary alicyclic amines) is 1. The molecule has 5 rings (SSSR count). The largest absolute Gasteiger partial charge is 0.490 e. The standard InChI is InChI=1S/C27H25ClF3N5O4S.C2HF3O2/c1-41(38,39)20-8-10-36(14-20)26(37)16-7-9-32-24-21(11-16)25(34-15-33-24)35-18-5-6-23(22(28)13-18)40-19-4-2-3-17(12-19)27(29,30)31;3-2(4,5)1(6)7/h2-6,11-13,15,20H,7-10,14H2,1H3,(H2,32,33,34,35);(H,6,7). The van der Waals surface area contributed by atoms with Crippen LogP contribution in [-0.2, 0) is 25.6 Å². The second-order valence-corrected chi connectivity index (χ2v) is 13.3. The molecule has 258 valence electrons. The zero-order valence-electron chi connectivity index (χ0n) is 24.7. The van der Waals surface area contributed by atoms with E-state index in [1.165, 1.54) is 36.8 Å². The first-order chi connectivity index (χ1) is 22.3. The Hall–Kier alpha value is -4.58. The topological polar surface area (TPSA) is 151 Å². The van der Waals surface area contributed by atoms with Crippen LogP contribution in [0.2, 0.25) is 5.02 Å². The van der Waals surface area contributed by atoms with Crippen LogP contribution >= 0.6 is 11.6 Å². The van der Waals surface area contributed by atoms with Crippen LogP contribution in [0.25, 0.3) is 6.08 Å². The lowest BCUT2D eigenvalue weighted by Gasteiger charge is -2.18. The molecule has 2 aliphatic rings. The zero-order valence-corrected chi connectivity index (χ0v) is 26.3. The molecule has 3 aromatic rings. The Morgan fingerprint density at radius 1 is 1.10 bits per heavy atom. The van der Waals surface area contributed by atoms with E-state index in [2.05, 4.69) is 20.6 Å². The summed E-state index contributed by atoms with van der Waals surface area (Å²) in [7, 11) is -3.25. The highest BCUT2D eigenvalue weighted by Crippen LogP contribution is 2.37. The third-order valence-electron chi connectivity index (χ3n) is 7.03. The third-order valence-corrected chi connectivity index (χ3v) is 8.92. The molecule has 19 heteroatoms. The van der Waals surface area contributed by atoms with Crippen LogP contribution in [-0.4, -0.2) is 77.6 Å². The predicted octanol–water partition coefficient (Wildman–Crippen LogP) is 6.16. The van der Waals surface area contributed by atoms with Gasteiger partial charge >= 0.3 is 18.3 Å². The average Bonchev–Trinajstić information content (AvgIpc) is 3.40. The first-order valence-electron chi connectivity index (χ1n) is 13.8. The summed E-state index contributed by atoms with van der Waals surface area (Å²) in [6.45, 7) is 0.953. The SMILES string of the molecule is CS(=O)(=O)C1CCN(C(=O)C2=Cc3c(ncnc3Nc3ccc(Oc4cccc(C(F)(F)F)c4)c(Cl)c3)NCC2)C1.O=C(O)C(F)(F)F. The number of nitrogens with zero attached hydrogens (tertiary/aromatic N) is 3. The number of anilines is 3. The van der Waals surface area contributed by atoms with Gasteiger partial charge in [0.2, 0.25) is 5.91 Å². The first-order valence-corrected chi connectivity index (χ1v) is 16.2. The Morgan fingerprint density at radius 3 is 2.42 bits per heavy atom. The molecule has 1 unspecified atom stereocenters. The van der Waals surface area contributed by atoms with Crippen LogP contribution in [0.3, 0.4) is 0 Å². The summed E-state index contributed by atoms with van der Waals surface area (Å²) >= 11 is 6.39. The Kier molecular flexibility index (Phi) is 10.8. The van der Waals surface area contributed by atoms with Crippen LogP contribution in [0.5, 0.6) is 11.5 Å². The van der Waals surface area contributed by atoms with E-state index >= 15 is 0 Å². The number of nitrogens with one attached hydrogen (secondary N) is 2. The fourth-order valence-corrected chi connectivity index (χ4v) is 5.83. The van der Waals surface area contributed by atoms with E-state index in [0.29, 0.717) is 54.4 Å². The third kappa shape index (κ3) is 9.27. The van der Waals surface area contributed by atoms with Crippen molar-refractivity contribution < 1.29 is 54.2 Å². The number of carboxylic acids is 1. The van der Waals surface area contributed by atoms with E-state index in [1.54, 1.807) is 17.0 Å². The number of aliphatic carboxylic acids is 1. The van der Waals surface area contributed by atoms with Crippen molar-refractivity contribution >= 4 is 56.7 Å². The van der Waals surface area contributed by atoms with Gasteiger partial charge in [0.05, 0.1) is 21.4 Å². The summed E-state index contributed by atoms with van der Waals surface area (Å²) in [5.74, 6) is -1.96. The van der Waals surface area contributed by atoms with Gasteiger partial charge in [0.15, 0.2) is 9.84 Å². The molecule has 1 amide bonds. The number of benzene rings is 2.